The van der Waals surface area contributed by atoms with Gasteiger partial charge in [0.15, 0.2) is 11.5 Å². The lowest BCUT2D eigenvalue weighted by Gasteiger charge is -2.21. The minimum atomic E-state index is -0.406. The van der Waals surface area contributed by atoms with Crippen molar-refractivity contribution in [3.8, 4) is 17.6 Å². The van der Waals surface area contributed by atoms with Gasteiger partial charge in [0.25, 0.3) is 5.91 Å². The first-order chi connectivity index (χ1) is 11.5. The Morgan fingerprint density at radius 2 is 1.79 bits per heavy atom. The lowest BCUT2D eigenvalue weighted by atomic mass is 10.0. The maximum Gasteiger partial charge on any atom is 0.269 e. The van der Waals surface area contributed by atoms with Crippen LogP contribution in [0.1, 0.15) is 19.4 Å². The van der Waals surface area contributed by atoms with E-state index in [4.69, 9.17) is 0 Å². The SMILES string of the molecule is CCN(C(=O)C(C#N)=C(C)c1ccc(O)c(O)c1)c1ccccc1. The van der Waals surface area contributed by atoms with E-state index in [0.29, 0.717) is 23.4 Å². The minimum Gasteiger partial charge on any atom is -0.504 e. The zero-order chi connectivity index (χ0) is 17.7. The first kappa shape index (κ1) is 17.1. The van der Waals surface area contributed by atoms with Crippen LogP contribution in [-0.4, -0.2) is 22.7 Å². The van der Waals surface area contributed by atoms with Gasteiger partial charge in [0.2, 0.25) is 0 Å². The number of phenols is 2. The number of amides is 1. The molecule has 0 spiro atoms. The summed E-state index contributed by atoms with van der Waals surface area (Å²) in [6, 6.07) is 15.3. The molecule has 0 radical (unpaired) electrons. The molecule has 5 heteroatoms. The van der Waals surface area contributed by atoms with Gasteiger partial charge < -0.3 is 15.1 Å². The number of para-hydroxylation sites is 1. The standard InChI is InChI=1S/C19H18N2O3/c1-3-21(15-7-5-4-6-8-15)19(24)16(12-20)13(2)14-9-10-17(22)18(23)11-14/h4-11,22-23H,3H2,1-2H3. The summed E-state index contributed by atoms with van der Waals surface area (Å²) in [4.78, 5) is 14.3. The van der Waals surface area contributed by atoms with Crippen LogP contribution in [-0.2, 0) is 4.79 Å². The highest BCUT2D eigenvalue weighted by Crippen LogP contribution is 2.30. The Bertz CT molecular complexity index is 820. The summed E-state index contributed by atoms with van der Waals surface area (Å²) < 4.78 is 0. The number of hydrogen-bond donors (Lipinski definition) is 2. The Hall–Kier alpha value is -3.26. The number of carbonyl (C=O) groups is 1. The van der Waals surface area contributed by atoms with Crippen molar-refractivity contribution in [2.75, 3.05) is 11.4 Å². The zero-order valence-electron chi connectivity index (χ0n) is 13.5. The Morgan fingerprint density at radius 1 is 1.12 bits per heavy atom. The lowest BCUT2D eigenvalue weighted by molar-refractivity contribution is -0.114. The van der Waals surface area contributed by atoms with Gasteiger partial charge in [-0.25, -0.2) is 0 Å². The number of nitriles is 1. The molecule has 2 N–H and O–H groups in total. The van der Waals surface area contributed by atoms with Crippen molar-refractivity contribution in [3.63, 3.8) is 0 Å². The van der Waals surface area contributed by atoms with E-state index in [2.05, 4.69) is 0 Å². The van der Waals surface area contributed by atoms with Gasteiger partial charge in [-0.1, -0.05) is 24.3 Å². The first-order valence-electron chi connectivity index (χ1n) is 7.49. The van der Waals surface area contributed by atoms with Gasteiger partial charge in [0.1, 0.15) is 11.6 Å². The molecule has 0 aliphatic carbocycles. The van der Waals surface area contributed by atoms with E-state index in [1.54, 1.807) is 25.1 Å². The predicted molar refractivity (Wildman–Crippen MR) is 92.4 cm³/mol. The van der Waals surface area contributed by atoms with Crippen LogP contribution in [0.3, 0.4) is 0 Å². The number of allylic oxidation sites excluding steroid dienone is 1. The molecule has 0 heterocycles. The fourth-order valence-corrected chi connectivity index (χ4v) is 2.38. The summed E-state index contributed by atoms with van der Waals surface area (Å²) in [6.07, 6.45) is 0. The summed E-state index contributed by atoms with van der Waals surface area (Å²) in [5.74, 6) is -0.959. The Labute approximate surface area is 140 Å². The second-order valence-electron chi connectivity index (χ2n) is 5.20. The third-order valence-electron chi connectivity index (χ3n) is 3.74. The van der Waals surface area contributed by atoms with E-state index in [1.165, 1.54) is 17.0 Å². The normalized spacial score (nSPS) is 11.4. The number of aromatic hydroxyl groups is 2. The van der Waals surface area contributed by atoms with Crippen molar-refractivity contribution in [1.82, 2.24) is 0 Å². The maximum atomic E-state index is 12.8. The first-order valence-corrected chi connectivity index (χ1v) is 7.49. The topological polar surface area (TPSA) is 84.6 Å². The summed E-state index contributed by atoms with van der Waals surface area (Å²) in [5, 5.41) is 28.5. The molecule has 0 aliphatic rings. The number of likely N-dealkylation sites (N-methyl/N-ethyl adjacent to an activating group) is 1. The summed E-state index contributed by atoms with van der Waals surface area (Å²) >= 11 is 0. The van der Waals surface area contributed by atoms with Crippen LogP contribution in [0.4, 0.5) is 5.69 Å². The van der Waals surface area contributed by atoms with Crippen LogP contribution in [0.25, 0.3) is 5.57 Å². The molecule has 1 amide bonds. The van der Waals surface area contributed by atoms with Gasteiger partial charge >= 0.3 is 0 Å². The van der Waals surface area contributed by atoms with Gasteiger partial charge in [0.05, 0.1) is 0 Å². The van der Waals surface area contributed by atoms with Crippen molar-refractivity contribution in [2.45, 2.75) is 13.8 Å². The molecule has 0 aliphatic heterocycles. The summed E-state index contributed by atoms with van der Waals surface area (Å²) in [6.45, 7) is 3.89. The average Bonchev–Trinajstić information content (AvgIpc) is 2.59. The zero-order valence-corrected chi connectivity index (χ0v) is 13.5. The second kappa shape index (κ2) is 7.34. The van der Waals surface area contributed by atoms with E-state index in [0.717, 1.165) is 0 Å². The Morgan fingerprint density at radius 3 is 2.33 bits per heavy atom. The molecular formula is C19H18N2O3. The quantitative estimate of drug-likeness (QED) is 0.513. The van der Waals surface area contributed by atoms with Gasteiger partial charge in [-0.3, -0.25) is 4.79 Å². The number of benzene rings is 2. The third-order valence-corrected chi connectivity index (χ3v) is 3.74. The van der Waals surface area contributed by atoms with Crippen molar-refractivity contribution >= 4 is 17.2 Å². The number of rotatable bonds is 4. The molecular weight excluding hydrogens is 304 g/mol. The monoisotopic (exact) mass is 322 g/mol. The minimum absolute atomic E-state index is 0.00853. The molecule has 0 unspecified atom stereocenters. The van der Waals surface area contributed by atoms with Crippen molar-refractivity contribution in [1.29, 1.82) is 5.26 Å². The number of phenolic OH excluding ortho intramolecular Hbond substituents is 2. The molecule has 2 aromatic rings. The highest BCUT2D eigenvalue weighted by molar-refractivity contribution is 6.13. The van der Waals surface area contributed by atoms with Gasteiger partial charge in [-0.2, -0.15) is 5.26 Å². The smallest absolute Gasteiger partial charge is 0.269 e. The van der Waals surface area contributed by atoms with Gasteiger partial charge in [-0.05, 0) is 49.2 Å². The fourth-order valence-electron chi connectivity index (χ4n) is 2.38. The van der Waals surface area contributed by atoms with E-state index in [1.807, 2.05) is 31.2 Å². The van der Waals surface area contributed by atoms with Crippen LogP contribution >= 0.6 is 0 Å². The second-order valence-corrected chi connectivity index (χ2v) is 5.20. The fraction of sp³-hybridized carbons (Fsp3) is 0.158. The molecule has 0 atom stereocenters. The average molecular weight is 322 g/mol. The predicted octanol–water partition coefficient (Wildman–Crippen LogP) is 3.45. The van der Waals surface area contributed by atoms with Gasteiger partial charge in [-0.15, -0.1) is 0 Å². The number of anilines is 1. The summed E-state index contributed by atoms with van der Waals surface area (Å²) in [7, 11) is 0. The molecule has 0 saturated carbocycles. The third kappa shape index (κ3) is 3.39. The highest BCUT2D eigenvalue weighted by Gasteiger charge is 2.21. The molecule has 0 saturated heterocycles. The van der Waals surface area contributed by atoms with Crippen molar-refractivity contribution in [3.05, 3.63) is 59.7 Å². The van der Waals surface area contributed by atoms with Gasteiger partial charge in [0, 0.05) is 12.2 Å². The molecule has 0 fully saturated rings. The lowest BCUT2D eigenvalue weighted by Crippen LogP contribution is -2.32. The van der Waals surface area contributed by atoms with Crippen LogP contribution < -0.4 is 4.90 Å². The Kier molecular flexibility index (Phi) is 5.23. The number of hydrogen-bond acceptors (Lipinski definition) is 4. The van der Waals surface area contributed by atoms with Crippen molar-refractivity contribution in [2.24, 2.45) is 0 Å². The molecule has 24 heavy (non-hydrogen) atoms. The molecule has 122 valence electrons. The molecule has 5 nitrogen and oxygen atoms in total. The van der Waals surface area contributed by atoms with Crippen LogP contribution in [0, 0.1) is 11.3 Å². The number of carbonyl (C=O) groups excluding carboxylic acids is 1. The van der Waals surface area contributed by atoms with Crippen LogP contribution in [0.15, 0.2) is 54.1 Å². The highest BCUT2D eigenvalue weighted by atomic mass is 16.3. The Balaban J connectivity index is 2.47. The largest absolute Gasteiger partial charge is 0.504 e. The van der Waals surface area contributed by atoms with Crippen LogP contribution in [0.2, 0.25) is 0 Å². The molecule has 0 aromatic heterocycles. The molecule has 2 rings (SSSR count). The van der Waals surface area contributed by atoms with Crippen LogP contribution in [0.5, 0.6) is 11.5 Å². The van der Waals surface area contributed by atoms with E-state index in [9.17, 15) is 20.3 Å². The summed E-state index contributed by atoms with van der Waals surface area (Å²) in [5.41, 5.74) is 1.64. The van der Waals surface area contributed by atoms with E-state index < -0.39 is 5.91 Å². The molecule has 0 bridgehead atoms. The van der Waals surface area contributed by atoms with Crippen molar-refractivity contribution < 1.29 is 15.0 Å². The number of nitrogens with zero attached hydrogens (tertiary/aromatic N) is 2. The molecule has 2 aromatic carbocycles. The maximum absolute atomic E-state index is 12.8. The van der Waals surface area contributed by atoms with E-state index in [-0.39, 0.29) is 17.1 Å². The van der Waals surface area contributed by atoms with E-state index >= 15 is 0 Å².